The summed E-state index contributed by atoms with van der Waals surface area (Å²) in [4.78, 5) is 11.3. The van der Waals surface area contributed by atoms with E-state index in [1.165, 1.54) is 25.5 Å². The van der Waals surface area contributed by atoms with Gasteiger partial charge in [-0.2, -0.15) is 0 Å². The Morgan fingerprint density at radius 1 is 1.35 bits per heavy atom. The number of rotatable bonds is 2. The third kappa shape index (κ3) is 3.45. The second-order valence-corrected chi connectivity index (χ2v) is 4.16. The van der Waals surface area contributed by atoms with Crippen LogP contribution in [-0.2, 0) is 4.74 Å². The van der Waals surface area contributed by atoms with Crippen LogP contribution >= 0.6 is 12.4 Å². The standard InChI is InChI=1S/C13H17NO2.ClH/c1-16-13(15)11-6-4-10(5-7-11)12-3-2-8-14-9-12;/h4-7,12,14H,2-3,8-9H2,1H3;1H. The van der Waals surface area contributed by atoms with Crippen LogP contribution in [0, 0.1) is 0 Å². The predicted molar refractivity (Wildman–Crippen MR) is 69.9 cm³/mol. The van der Waals surface area contributed by atoms with Gasteiger partial charge in [-0.1, -0.05) is 12.1 Å². The summed E-state index contributed by atoms with van der Waals surface area (Å²) in [7, 11) is 1.40. The fraction of sp³-hybridized carbons (Fsp3) is 0.462. The minimum atomic E-state index is -0.270. The summed E-state index contributed by atoms with van der Waals surface area (Å²) < 4.78 is 4.67. The topological polar surface area (TPSA) is 38.3 Å². The summed E-state index contributed by atoms with van der Waals surface area (Å²) in [5, 5.41) is 3.39. The van der Waals surface area contributed by atoms with E-state index in [-0.39, 0.29) is 18.4 Å². The number of carbonyl (C=O) groups is 1. The molecule has 1 atom stereocenters. The maximum atomic E-state index is 11.3. The molecule has 1 aromatic rings. The second-order valence-electron chi connectivity index (χ2n) is 4.16. The highest BCUT2D eigenvalue weighted by Crippen LogP contribution is 2.23. The molecule has 1 fully saturated rings. The van der Waals surface area contributed by atoms with Crippen molar-refractivity contribution in [2.24, 2.45) is 0 Å². The van der Waals surface area contributed by atoms with E-state index in [2.05, 4.69) is 10.1 Å². The largest absolute Gasteiger partial charge is 0.465 e. The lowest BCUT2D eigenvalue weighted by molar-refractivity contribution is 0.0600. The smallest absolute Gasteiger partial charge is 0.337 e. The van der Waals surface area contributed by atoms with Gasteiger partial charge in [-0.05, 0) is 43.0 Å². The van der Waals surface area contributed by atoms with Gasteiger partial charge >= 0.3 is 5.97 Å². The van der Waals surface area contributed by atoms with E-state index in [0.717, 1.165) is 13.1 Å². The first-order valence-electron chi connectivity index (χ1n) is 5.70. The molecule has 0 aliphatic carbocycles. The Bertz CT molecular complexity index is 358. The first-order valence-corrected chi connectivity index (χ1v) is 5.70. The van der Waals surface area contributed by atoms with Crippen LogP contribution in [0.2, 0.25) is 0 Å². The van der Waals surface area contributed by atoms with Crippen molar-refractivity contribution in [3.05, 3.63) is 35.4 Å². The third-order valence-electron chi connectivity index (χ3n) is 3.10. The zero-order valence-electron chi connectivity index (χ0n) is 9.94. The fourth-order valence-electron chi connectivity index (χ4n) is 2.15. The van der Waals surface area contributed by atoms with Gasteiger partial charge < -0.3 is 10.1 Å². The van der Waals surface area contributed by atoms with Crippen molar-refractivity contribution in [3.8, 4) is 0 Å². The van der Waals surface area contributed by atoms with Crippen molar-refractivity contribution in [2.75, 3.05) is 20.2 Å². The molecule has 4 heteroatoms. The van der Waals surface area contributed by atoms with E-state index >= 15 is 0 Å². The molecule has 1 aliphatic rings. The average Bonchev–Trinajstić information content (AvgIpc) is 2.39. The van der Waals surface area contributed by atoms with Gasteiger partial charge in [-0.3, -0.25) is 0 Å². The molecule has 0 saturated carbocycles. The number of piperidine rings is 1. The number of hydrogen-bond acceptors (Lipinski definition) is 3. The molecule has 0 amide bonds. The van der Waals surface area contributed by atoms with Gasteiger partial charge in [0.15, 0.2) is 0 Å². The van der Waals surface area contributed by atoms with Crippen molar-refractivity contribution < 1.29 is 9.53 Å². The van der Waals surface area contributed by atoms with Crippen molar-refractivity contribution in [2.45, 2.75) is 18.8 Å². The van der Waals surface area contributed by atoms with Crippen LogP contribution in [0.4, 0.5) is 0 Å². The summed E-state index contributed by atoms with van der Waals surface area (Å²) in [5.41, 5.74) is 1.93. The number of benzene rings is 1. The van der Waals surface area contributed by atoms with E-state index in [9.17, 15) is 4.79 Å². The molecule has 1 N–H and O–H groups in total. The SMILES string of the molecule is COC(=O)c1ccc(C2CCCNC2)cc1.Cl. The molecule has 1 unspecified atom stereocenters. The first kappa shape index (κ1) is 14.0. The molecule has 94 valence electrons. The lowest BCUT2D eigenvalue weighted by Gasteiger charge is -2.23. The van der Waals surface area contributed by atoms with Crippen molar-refractivity contribution in [1.82, 2.24) is 5.32 Å². The van der Waals surface area contributed by atoms with Gasteiger partial charge in [0, 0.05) is 6.54 Å². The molecule has 0 radical (unpaired) electrons. The van der Waals surface area contributed by atoms with Crippen LogP contribution < -0.4 is 5.32 Å². The fourth-order valence-corrected chi connectivity index (χ4v) is 2.15. The number of carbonyl (C=O) groups excluding carboxylic acids is 1. The summed E-state index contributed by atoms with van der Waals surface area (Å²) in [6, 6.07) is 7.75. The van der Waals surface area contributed by atoms with Crippen LogP contribution in [0.1, 0.15) is 34.7 Å². The van der Waals surface area contributed by atoms with E-state index in [1.807, 2.05) is 24.3 Å². The normalized spacial score (nSPS) is 19.2. The Balaban J connectivity index is 0.00000144. The molecule has 1 aliphatic heterocycles. The zero-order valence-corrected chi connectivity index (χ0v) is 10.8. The minimum Gasteiger partial charge on any atom is -0.465 e. The van der Waals surface area contributed by atoms with Gasteiger partial charge in [0.25, 0.3) is 0 Å². The molecule has 1 aromatic carbocycles. The Morgan fingerprint density at radius 3 is 2.59 bits per heavy atom. The summed E-state index contributed by atoms with van der Waals surface area (Å²) in [6.45, 7) is 2.16. The Hall–Kier alpha value is -1.06. The number of nitrogens with one attached hydrogen (secondary N) is 1. The van der Waals surface area contributed by atoms with Gasteiger partial charge in [-0.15, -0.1) is 12.4 Å². The van der Waals surface area contributed by atoms with E-state index in [1.54, 1.807) is 0 Å². The number of halogens is 1. The molecule has 1 heterocycles. The van der Waals surface area contributed by atoms with Crippen LogP contribution in [0.15, 0.2) is 24.3 Å². The highest BCUT2D eigenvalue weighted by Gasteiger charge is 2.15. The van der Waals surface area contributed by atoms with Crippen LogP contribution in [0.25, 0.3) is 0 Å². The molecular formula is C13H18ClNO2. The molecule has 0 aromatic heterocycles. The first-order chi connectivity index (χ1) is 7.81. The van der Waals surface area contributed by atoms with Crippen molar-refractivity contribution in [1.29, 1.82) is 0 Å². The van der Waals surface area contributed by atoms with Gasteiger partial charge in [-0.25, -0.2) is 4.79 Å². The lowest BCUT2D eigenvalue weighted by Crippen LogP contribution is -2.28. The third-order valence-corrected chi connectivity index (χ3v) is 3.10. The maximum Gasteiger partial charge on any atom is 0.337 e. The summed E-state index contributed by atoms with van der Waals surface area (Å²) >= 11 is 0. The number of esters is 1. The number of hydrogen-bond donors (Lipinski definition) is 1. The van der Waals surface area contributed by atoms with Gasteiger partial charge in [0.1, 0.15) is 0 Å². The average molecular weight is 256 g/mol. The Kier molecular flexibility index (Phi) is 5.45. The molecule has 0 bridgehead atoms. The lowest BCUT2D eigenvalue weighted by atomic mass is 9.91. The minimum absolute atomic E-state index is 0. The predicted octanol–water partition coefficient (Wildman–Crippen LogP) is 2.36. The van der Waals surface area contributed by atoms with E-state index in [4.69, 9.17) is 0 Å². The van der Waals surface area contributed by atoms with Crippen molar-refractivity contribution in [3.63, 3.8) is 0 Å². The molecule has 2 rings (SSSR count). The van der Waals surface area contributed by atoms with Crippen LogP contribution in [-0.4, -0.2) is 26.2 Å². The Labute approximate surface area is 108 Å². The highest BCUT2D eigenvalue weighted by molar-refractivity contribution is 5.89. The van der Waals surface area contributed by atoms with Crippen LogP contribution in [0.3, 0.4) is 0 Å². The zero-order chi connectivity index (χ0) is 11.4. The molecule has 17 heavy (non-hydrogen) atoms. The van der Waals surface area contributed by atoms with E-state index < -0.39 is 0 Å². The van der Waals surface area contributed by atoms with E-state index in [0.29, 0.717) is 11.5 Å². The Morgan fingerprint density at radius 2 is 2.06 bits per heavy atom. The second kappa shape index (κ2) is 6.62. The van der Waals surface area contributed by atoms with Crippen molar-refractivity contribution >= 4 is 18.4 Å². The number of ether oxygens (including phenoxy) is 1. The quantitative estimate of drug-likeness (QED) is 0.825. The monoisotopic (exact) mass is 255 g/mol. The molecule has 0 spiro atoms. The molecular weight excluding hydrogens is 238 g/mol. The number of methoxy groups -OCH3 is 1. The summed E-state index contributed by atoms with van der Waals surface area (Å²) in [6.07, 6.45) is 2.45. The van der Waals surface area contributed by atoms with Crippen LogP contribution in [0.5, 0.6) is 0 Å². The highest BCUT2D eigenvalue weighted by atomic mass is 35.5. The summed E-state index contributed by atoms with van der Waals surface area (Å²) in [5.74, 6) is 0.314. The molecule has 3 nitrogen and oxygen atoms in total. The molecule has 1 saturated heterocycles. The maximum absolute atomic E-state index is 11.3. The van der Waals surface area contributed by atoms with Gasteiger partial charge in [0.2, 0.25) is 0 Å². The van der Waals surface area contributed by atoms with Gasteiger partial charge in [0.05, 0.1) is 12.7 Å².